The molecular weight excluding hydrogens is 318 g/mol. The van der Waals surface area contributed by atoms with Crippen molar-refractivity contribution < 1.29 is 18.8 Å². The summed E-state index contributed by atoms with van der Waals surface area (Å²) in [5, 5.41) is 21.1. The van der Waals surface area contributed by atoms with Gasteiger partial charge in [-0.25, -0.2) is 8.78 Å². The Morgan fingerprint density at radius 2 is 1.96 bits per heavy atom. The molecule has 1 unspecified atom stereocenters. The maximum atomic E-state index is 13.7. The van der Waals surface area contributed by atoms with E-state index in [0.29, 0.717) is 18.5 Å². The van der Waals surface area contributed by atoms with Crippen LogP contribution in [0.2, 0.25) is 0 Å². The number of benzene rings is 2. The minimum Gasteiger partial charge on any atom is -0.387 e. The average molecular weight is 336 g/mol. The second-order valence-electron chi connectivity index (χ2n) is 5.58. The molecule has 2 aromatic carbocycles. The van der Waals surface area contributed by atoms with Crippen molar-refractivity contribution >= 4 is 5.69 Å². The number of nitro benzene ring substituents is 1. The van der Waals surface area contributed by atoms with Crippen molar-refractivity contribution in [3.8, 4) is 0 Å². The van der Waals surface area contributed by atoms with Gasteiger partial charge in [-0.05, 0) is 19.5 Å². The Morgan fingerprint density at radius 3 is 2.62 bits per heavy atom. The van der Waals surface area contributed by atoms with Crippen LogP contribution in [0.25, 0.3) is 0 Å². The Balaban J connectivity index is 1.96. The summed E-state index contributed by atoms with van der Waals surface area (Å²) in [5.41, 5.74) is 0.668. The van der Waals surface area contributed by atoms with E-state index in [4.69, 9.17) is 0 Å². The minimum atomic E-state index is -1.11. The Kier molecular flexibility index (Phi) is 5.94. The third-order valence-corrected chi connectivity index (χ3v) is 3.76. The van der Waals surface area contributed by atoms with Crippen LogP contribution < -0.4 is 0 Å². The molecule has 5 nitrogen and oxygen atoms in total. The predicted octanol–water partition coefficient (Wildman–Crippen LogP) is 3.08. The molecule has 0 heterocycles. The third kappa shape index (κ3) is 4.56. The van der Waals surface area contributed by atoms with Gasteiger partial charge in [-0.1, -0.05) is 24.3 Å². The van der Waals surface area contributed by atoms with E-state index >= 15 is 0 Å². The molecule has 0 aliphatic rings. The van der Waals surface area contributed by atoms with Crippen molar-refractivity contribution in [2.24, 2.45) is 0 Å². The van der Waals surface area contributed by atoms with E-state index in [1.165, 1.54) is 12.1 Å². The number of rotatable bonds is 7. The maximum Gasteiger partial charge on any atom is 0.272 e. The number of halogens is 2. The molecule has 1 N–H and O–H groups in total. The zero-order chi connectivity index (χ0) is 17.7. The smallest absolute Gasteiger partial charge is 0.272 e. The van der Waals surface area contributed by atoms with Crippen LogP contribution in [0.1, 0.15) is 17.2 Å². The highest BCUT2D eigenvalue weighted by atomic mass is 19.1. The molecule has 0 amide bonds. The summed E-state index contributed by atoms with van der Waals surface area (Å²) in [6.07, 6.45) is -0.687. The van der Waals surface area contributed by atoms with Gasteiger partial charge in [0.05, 0.1) is 11.0 Å². The van der Waals surface area contributed by atoms with E-state index in [1.807, 2.05) is 0 Å². The largest absolute Gasteiger partial charge is 0.387 e. The molecule has 24 heavy (non-hydrogen) atoms. The molecule has 1 atom stereocenters. The van der Waals surface area contributed by atoms with Gasteiger partial charge in [-0.15, -0.1) is 0 Å². The van der Waals surface area contributed by atoms with Crippen LogP contribution in [0, 0.1) is 21.7 Å². The average Bonchev–Trinajstić information content (AvgIpc) is 2.52. The Bertz CT molecular complexity index is 725. The van der Waals surface area contributed by atoms with Gasteiger partial charge >= 0.3 is 0 Å². The number of likely N-dealkylation sites (N-methyl/N-ethyl adjacent to an activating group) is 1. The first kappa shape index (κ1) is 18.0. The van der Waals surface area contributed by atoms with E-state index < -0.39 is 22.7 Å². The van der Waals surface area contributed by atoms with E-state index in [1.54, 1.807) is 30.1 Å². The van der Waals surface area contributed by atoms with Gasteiger partial charge in [-0.3, -0.25) is 10.1 Å². The summed E-state index contributed by atoms with van der Waals surface area (Å²) in [6.45, 7) is 0.577. The first-order chi connectivity index (χ1) is 11.4. The lowest BCUT2D eigenvalue weighted by Crippen LogP contribution is -2.27. The topological polar surface area (TPSA) is 66.6 Å². The van der Waals surface area contributed by atoms with Crippen molar-refractivity contribution in [1.29, 1.82) is 0 Å². The van der Waals surface area contributed by atoms with Crippen LogP contribution in [-0.2, 0) is 6.42 Å². The lowest BCUT2D eigenvalue weighted by atomic mass is 10.1. The molecule has 2 aromatic rings. The Labute approximate surface area is 138 Å². The molecule has 0 spiro atoms. The number of hydrogen-bond acceptors (Lipinski definition) is 4. The lowest BCUT2D eigenvalue weighted by molar-refractivity contribution is -0.385. The Hall–Kier alpha value is -2.38. The van der Waals surface area contributed by atoms with Gasteiger partial charge in [0.15, 0.2) is 0 Å². The molecule has 128 valence electrons. The number of nitro groups is 1. The highest BCUT2D eigenvalue weighted by Crippen LogP contribution is 2.20. The highest BCUT2D eigenvalue weighted by molar-refractivity contribution is 5.39. The van der Waals surface area contributed by atoms with Crippen molar-refractivity contribution in [1.82, 2.24) is 4.90 Å². The number of aliphatic hydroxyl groups excluding tert-OH is 1. The normalized spacial score (nSPS) is 12.4. The third-order valence-electron chi connectivity index (χ3n) is 3.76. The molecule has 0 aromatic heterocycles. The van der Waals surface area contributed by atoms with Crippen molar-refractivity contribution in [3.05, 3.63) is 75.3 Å². The van der Waals surface area contributed by atoms with Crippen molar-refractivity contribution in [2.45, 2.75) is 12.5 Å². The lowest BCUT2D eigenvalue weighted by Gasteiger charge is -2.21. The molecule has 0 fully saturated rings. The summed E-state index contributed by atoms with van der Waals surface area (Å²) < 4.78 is 26.5. The summed E-state index contributed by atoms with van der Waals surface area (Å²) >= 11 is 0. The number of hydrogen-bond donors (Lipinski definition) is 1. The van der Waals surface area contributed by atoms with E-state index in [2.05, 4.69) is 0 Å². The van der Waals surface area contributed by atoms with Gasteiger partial charge < -0.3 is 10.0 Å². The summed E-state index contributed by atoms with van der Waals surface area (Å²) in [4.78, 5) is 12.3. The maximum absolute atomic E-state index is 13.7. The summed E-state index contributed by atoms with van der Waals surface area (Å²) in [6, 6.07) is 9.49. The fourth-order valence-corrected chi connectivity index (χ4v) is 2.47. The van der Waals surface area contributed by atoms with Crippen LogP contribution in [0.15, 0.2) is 42.5 Å². The van der Waals surface area contributed by atoms with Crippen LogP contribution >= 0.6 is 0 Å². The van der Waals surface area contributed by atoms with Gasteiger partial charge in [0.1, 0.15) is 11.6 Å². The van der Waals surface area contributed by atoms with Crippen LogP contribution in [-0.4, -0.2) is 35.1 Å². The van der Waals surface area contributed by atoms with E-state index in [0.717, 1.165) is 12.1 Å². The van der Waals surface area contributed by atoms with Crippen molar-refractivity contribution in [2.75, 3.05) is 20.1 Å². The zero-order valence-corrected chi connectivity index (χ0v) is 13.2. The quantitative estimate of drug-likeness (QED) is 0.623. The van der Waals surface area contributed by atoms with E-state index in [-0.39, 0.29) is 17.8 Å². The fraction of sp³-hybridized carbons (Fsp3) is 0.294. The molecule has 0 radical (unpaired) electrons. The molecular formula is C17H18F2N2O3. The molecule has 7 heteroatoms. The van der Waals surface area contributed by atoms with Gasteiger partial charge in [-0.2, -0.15) is 0 Å². The van der Waals surface area contributed by atoms with Crippen LogP contribution in [0.4, 0.5) is 14.5 Å². The van der Waals surface area contributed by atoms with Crippen LogP contribution in [0.5, 0.6) is 0 Å². The van der Waals surface area contributed by atoms with Gasteiger partial charge in [0.2, 0.25) is 0 Å². The standard InChI is InChI=1S/C17H18F2N2O3/c1-20(9-8-12-4-2-3-5-16(12)21(23)24)11-17(22)14-7-6-13(18)10-15(14)19/h2-7,10,17,22H,8-9,11H2,1H3. The molecule has 0 bridgehead atoms. The highest BCUT2D eigenvalue weighted by Gasteiger charge is 2.17. The van der Waals surface area contributed by atoms with Crippen LogP contribution in [0.3, 0.4) is 0 Å². The summed E-state index contributed by atoms with van der Waals surface area (Å²) in [5.74, 6) is -1.50. The van der Waals surface area contributed by atoms with E-state index in [9.17, 15) is 24.0 Å². The second kappa shape index (κ2) is 7.94. The minimum absolute atomic E-state index is 0.0222. The fourth-order valence-electron chi connectivity index (χ4n) is 2.47. The zero-order valence-electron chi connectivity index (χ0n) is 13.2. The van der Waals surface area contributed by atoms with Gasteiger partial charge in [0, 0.05) is 36.3 Å². The van der Waals surface area contributed by atoms with Gasteiger partial charge in [0.25, 0.3) is 5.69 Å². The van der Waals surface area contributed by atoms with Crippen molar-refractivity contribution in [3.63, 3.8) is 0 Å². The first-order valence-corrected chi connectivity index (χ1v) is 7.42. The molecule has 0 saturated heterocycles. The monoisotopic (exact) mass is 336 g/mol. The Morgan fingerprint density at radius 1 is 1.25 bits per heavy atom. The molecule has 0 saturated carbocycles. The number of nitrogens with zero attached hydrogens (tertiary/aromatic N) is 2. The summed E-state index contributed by atoms with van der Waals surface area (Å²) in [7, 11) is 1.72. The number of aliphatic hydroxyl groups is 1. The first-order valence-electron chi connectivity index (χ1n) is 7.42. The molecule has 2 rings (SSSR count). The molecule has 0 aliphatic carbocycles. The molecule has 0 aliphatic heterocycles. The SMILES string of the molecule is CN(CCc1ccccc1[N+](=O)[O-])CC(O)c1ccc(F)cc1F. The number of para-hydroxylation sites is 1. The predicted molar refractivity (Wildman–Crippen MR) is 85.6 cm³/mol. The second-order valence-corrected chi connectivity index (χ2v) is 5.58.